The van der Waals surface area contributed by atoms with Gasteiger partial charge in [-0.2, -0.15) is 0 Å². The van der Waals surface area contributed by atoms with Crippen LogP contribution >= 0.6 is 0 Å². The van der Waals surface area contributed by atoms with Gasteiger partial charge < -0.3 is 29.9 Å². The highest BCUT2D eigenvalue weighted by molar-refractivity contribution is 4.59. The molecule has 0 saturated carbocycles. The summed E-state index contributed by atoms with van der Waals surface area (Å²) in [6, 6.07) is 0. The largest absolute Gasteiger partial charge is 0.394 e. The molecule has 3 atom stereocenters. The van der Waals surface area contributed by atoms with Crippen LogP contribution in [0.3, 0.4) is 0 Å². The summed E-state index contributed by atoms with van der Waals surface area (Å²) < 4.78 is 9.87. The first-order valence-electron chi connectivity index (χ1n) is 4.42. The van der Waals surface area contributed by atoms with Gasteiger partial charge in [-0.1, -0.05) is 0 Å². The predicted octanol–water partition coefficient (Wildman–Crippen LogP) is -1.93. The Morgan fingerprint density at radius 3 is 2.21 bits per heavy atom. The van der Waals surface area contributed by atoms with Crippen molar-refractivity contribution in [3.05, 3.63) is 0 Å². The minimum absolute atomic E-state index is 0.00152. The summed E-state index contributed by atoms with van der Waals surface area (Å²) in [5, 5.41) is 35.2. The van der Waals surface area contributed by atoms with Crippen molar-refractivity contribution in [1.29, 1.82) is 0 Å². The third-order valence-corrected chi connectivity index (χ3v) is 1.38. The normalized spacial score (nSPS) is 17.8. The maximum absolute atomic E-state index is 9.19. The predicted molar refractivity (Wildman–Crippen MR) is 47.6 cm³/mol. The van der Waals surface area contributed by atoms with Gasteiger partial charge in [0, 0.05) is 0 Å². The Hall–Kier alpha value is -0.240. The van der Waals surface area contributed by atoms with Crippen LogP contribution in [-0.4, -0.2) is 65.4 Å². The molecule has 0 aromatic rings. The van der Waals surface area contributed by atoms with E-state index in [0.29, 0.717) is 0 Å². The van der Waals surface area contributed by atoms with Gasteiger partial charge in [0.2, 0.25) is 0 Å². The van der Waals surface area contributed by atoms with Crippen LogP contribution in [0.4, 0.5) is 0 Å². The molecule has 3 unspecified atom stereocenters. The molecule has 0 rings (SSSR count). The molecule has 0 aromatic heterocycles. The van der Waals surface area contributed by atoms with E-state index in [9.17, 15) is 5.11 Å². The van der Waals surface area contributed by atoms with Crippen LogP contribution in [0.1, 0.15) is 6.92 Å². The lowest BCUT2D eigenvalue weighted by atomic mass is 10.3. The van der Waals surface area contributed by atoms with Crippen molar-refractivity contribution in [2.24, 2.45) is 0 Å². The lowest BCUT2D eigenvalue weighted by Crippen LogP contribution is -2.36. The zero-order valence-electron chi connectivity index (χ0n) is 8.17. The maximum Gasteiger partial charge on any atom is 0.185 e. The van der Waals surface area contributed by atoms with Crippen LogP contribution in [-0.2, 0) is 9.47 Å². The highest BCUT2D eigenvalue weighted by atomic mass is 16.7. The third kappa shape index (κ3) is 6.25. The summed E-state index contributed by atoms with van der Waals surface area (Å²) in [7, 11) is 0. The second kappa shape index (κ2) is 8.10. The van der Waals surface area contributed by atoms with Crippen LogP contribution in [0.5, 0.6) is 0 Å². The second-order valence-corrected chi connectivity index (χ2v) is 2.90. The molecule has 14 heavy (non-hydrogen) atoms. The van der Waals surface area contributed by atoms with Crippen molar-refractivity contribution in [3.63, 3.8) is 0 Å². The van der Waals surface area contributed by atoms with Crippen LogP contribution in [0, 0.1) is 0 Å². The first kappa shape index (κ1) is 13.8. The molecular formula is C8H18O6. The SMILES string of the molecule is CC(O)COC(OCCO)C(O)CO. The molecule has 0 fully saturated rings. The van der Waals surface area contributed by atoms with Gasteiger partial charge in [-0.3, -0.25) is 0 Å². The highest BCUT2D eigenvalue weighted by Gasteiger charge is 2.20. The van der Waals surface area contributed by atoms with E-state index < -0.39 is 25.1 Å². The van der Waals surface area contributed by atoms with Gasteiger partial charge in [0.15, 0.2) is 6.29 Å². The quantitative estimate of drug-likeness (QED) is 0.348. The van der Waals surface area contributed by atoms with Gasteiger partial charge in [0.05, 0.1) is 32.5 Å². The fourth-order valence-corrected chi connectivity index (χ4v) is 0.759. The Bertz CT molecular complexity index is 129. The molecule has 86 valence electrons. The average Bonchev–Trinajstić information content (AvgIpc) is 2.16. The summed E-state index contributed by atoms with van der Waals surface area (Å²) in [6.07, 6.45) is -2.89. The number of hydrogen-bond acceptors (Lipinski definition) is 6. The van der Waals surface area contributed by atoms with Gasteiger partial charge >= 0.3 is 0 Å². The zero-order valence-corrected chi connectivity index (χ0v) is 8.17. The maximum atomic E-state index is 9.19. The van der Waals surface area contributed by atoms with Crippen LogP contribution in [0.2, 0.25) is 0 Å². The molecule has 0 bridgehead atoms. The molecule has 6 heteroatoms. The Kier molecular flexibility index (Phi) is 7.96. The molecule has 0 radical (unpaired) electrons. The number of ether oxygens (including phenoxy) is 2. The van der Waals surface area contributed by atoms with E-state index in [0.717, 1.165) is 0 Å². The summed E-state index contributed by atoms with van der Waals surface area (Å²) >= 11 is 0. The fourth-order valence-electron chi connectivity index (χ4n) is 0.759. The van der Waals surface area contributed by atoms with Crippen molar-refractivity contribution in [1.82, 2.24) is 0 Å². The molecule has 0 amide bonds. The summed E-state index contributed by atoms with van der Waals surface area (Å²) in [5.74, 6) is 0. The highest BCUT2D eigenvalue weighted by Crippen LogP contribution is 2.02. The van der Waals surface area contributed by atoms with Crippen molar-refractivity contribution >= 4 is 0 Å². The van der Waals surface area contributed by atoms with Crippen LogP contribution in [0.15, 0.2) is 0 Å². The van der Waals surface area contributed by atoms with Gasteiger partial charge in [0.25, 0.3) is 0 Å². The summed E-state index contributed by atoms with van der Waals surface area (Å²) in [6.45, 7) is 0.811. The average molecular weight is 210 g/mol. The molecule has 0 spiro atoms. The molecule has 4 N–H and O–H groups in total. The Morgan fingerprint density at radius 2 is 1.79 bits per heavy atom. The molecule has 0 aliphatic carbocycles. The lowest BCUT2D eigenvalue weighted by molar-refractivity contribution is -0.212. The second-order valence-electron chi connectivity index (χ2n) is 2.90. The minimum Gasteiger partial charge on any atom is -0.394 e. The minimum atomic E-state index is -1.18. The Balaban J connectivity index is 3.84. The van der Waals surface area contributed by atoms with Gasteiger partial charge in [0.1, 0.15) is 6.10 Å². The Morgan fingerprint density at radius 1 is 1.14 bits per heavy atom. The fraction of sp³-hybridized carbons (Fsp3) is 1.00. The molecule has 6 nitrogen and oxygen atoms in total. The topological polar surface area (TPSA) is 99.4 Å². The number of aliphatic hydroxyl groups is 4. The van der Waals surface area contributed by atoms with Gasteiger partial charge in [-0.25, -0.2) is 0 Å². The third-order valence-electron chi connectivity index (χ3n) is 1.38. The van der Waals surface area contributed by atoms with Crippen molar-refractivity contribution < 1.29 is 29.9 Å². The molecule has 0 aliphatic rings. The standard InChI is InChI=1S/C8H18O6/c1-6(11)5-14-8(7(12)4-10)13-3-2-9/h6-12H,2-5H2,1H3. The number of rotatable bonds is 8. The summed E-state index contributed by atoms with van der Waals surface area (Å²) in [5.41, 5.74) is 0. The van der Waals surface area contributed by atoms with E-state index in [1.165, 1.54) is 6.92 Å². The van der Waals surface area contributed by atoms with Crippen LogP contribution in [0.25, 0.3) is 0 Å². The van der Waals surface area contributed by atoms with E-state index in [2.05, 4.69) is 0 Å². The monoisotopic (exact) mass is 210 g/mol. The van der Waals surface area contributed by atoms with Gasteiger partial charge in [-0.05, 0) is 6.92 Å². The van der Waals surface area contributed by atoms with Gasteiger partial charge in [-0.15, -0.1) is 0 Å². The first-order chi connectivity index (χ1) is 6.61. The zero-order chi connectivity index (χ0) is 11.0. The molecule has 0 aromatic carbocycles. The van der Waals surface area contributed by atoms with E-state index in [-0.39, 0.29) is 19.8 Å². The smallest absolute Gasteiger partial charge is 0.185 e. The molecule has 0 heterocycles. The van der Waals surface area contributed by atoms with Crippen molar-refractivity contribution in [2.75, 3.05) is 26.4 Å². The van der Waals surface area contributed by atoms with Crippen molar-refractivity contribution in [3.8, 4) is 0 Å². The number of hydrogen-bond donors (Lipinski definition) is 4. The van der Waals surface area contributed by atoms with Crippen LogP contribution < -0.4 is 0 Å². The van der Waals surface area contributed by atoms with Crippen molar-refractivity contribution in [2.45, 2.75) is 25.4 Å². The van der Waals surface area contributed by atoms with E-state index in [4.69, 9.17) is 24.8 Å². The lowest BCUT2D eigenvalue weighted by Gasteiger charge is -2.22. The molecule has 0 saturated heterocycles. The van der Waals surface area contributed by atoms with E-state index >= 15 is 0 Å². The Labute approximate surface area is 82.7 Å². The van der Waals surface area contributed by atoms with E-state index in [1.807, 2.05) is 0 Å². The van der Waals surface area contributed by atoms with E-state index in [1.54, 1.807) is 0 Å². The molecular weight excluding hydrogens is 192 g/mol. The summed E-state index contributed by atoms with van der Waals surface area (Å²) in [4.78, 5) is 0. The first-order valence-corrected chi connectivity index (χ1v) is 4.42. The number of aliphatic hydroxyl groups excluding tert-OH is 4. The molecule has 0 aliphatic heterocycles.